The zero-order valence-corrected chi connectivity index (χ0v) is 9.09. The van der Waals surface area contributed by atoms with Crippen LogP contribution in [-0.2, 0) is 0 Å². The molecule has 0 unspecified atom stereocenters. The second-order valence-corrected chi connectivity index (χ2v) is 3.67. The molecule has 0 aromatic heterocycles. The molecule has 0 atom stereocenters. The number of phenolic OH excluding ortho intramolecular Hbond substituents is 3. The van der Waals surface area contributed by atoms with Crippen molar-refractivity contribution in [1.82, 2.24) is 0 Å². The Kier molecular flexibility index (Phi) is 2.75. The maximum atomic E-state index is 9.74. The summed E-state index contributed by atoms with van der Waals surface area (Å²) in [4.78, 5) is 0. The summed E-state index contributed by atoms with van der Waals surface area (Å²) >= 11 is 0. The van der Waals surface area contributed by atoms with Crippen molar-refractivity contribution in [2.45, 2.75) is 0 Å². The van der Waals surface area contributed by atoms with E-state index in [0.29, 0.717) is 11.1 Å². The molecule has 2 aromatic rings. The summed E-state index contributed by atoms with van der Waals surface area (Å²) in [6.45, 7) is 3.87. The summed E-state index contributed by atoms with van der Waals surface area (Å²) in [5, 5.41) is 28.4. The second kappa shape index (κ2) is 4.22. The van der Waals surface area contributed by atoms with E-state index in [1.165, 1.54) is 12.1 Å². The molecule has 0 fully saturated rings. The smallest absolute Gasteiger partial charge is 0.200 e. The summed E-state index contributed by atoms with van der Waals surface area (Å²) in [5.41, 5.74) is 1.82. The number of rotatable bonds is 2. The summed E-state index contributed by atoms with van der Waals surface area (Å²) in [5.74, 6) is -1.24. The van der Waals surface area contributed by atoms with Crippen LogP contribution in [0.1, 0.15) is 11.1 Å². The van der Waals surface area contributed by atoms with Gasteiger partial charge in [0.1, 0.15) is 0 Å². The summed E-state index contributed by atoms with van der Waals surface area (Å²) in [7, 11) is 0. The highest BCUT2D eigenvalue weighted by Crippen LogP contribution is 2.40. The van der Waals surface area contributed by atoms with Crippen molar-refractivity contribution in [1.29, 1.82) is 0 Å². The van der Waals surface area contributed by atoms with E-state index in [1.807, 2.05) is 30.3 Å². The van der Waals surface area contributed by atoms with Gasteiger partial charge in [0.05, 0.1) is 0 Å². The van der Waals surface area contributed by atoms with Gasteiger partial charge < -0.3 is 15.3 Å². The van der Waals surface area contributed by atoms with Crippen LogP contribution in [0.2, 0.25) is 0 Å². The molecule has 0 aliphatic rings. The Labute approximate surface area is 98.9 Å². The molecule has 2 rings (SSSR count). The minimum atomic E-state index is -0.528. The second-order valence-electron chi connectivity index (χ2n) is 3.67. The zero-order valence-electron chi connectivity index (χ0n) is 9.09. The van der Waals surface area contributed by atoms with Gasteiger partial charge in [-0.05, 0) is 23.3 Å². The van der Waals surface area contributed by atoms with Crippen molar-refractivity contribution in [3.05, 3.63) is 60.2 Å². The van der Waals surface area contributed by atoms with Crippen LogP contribution < -0.4 is 0 Å². The Balaban J connectivity index is 2.49. The van der Waals surface area contributed by atoms with Gasteiger partial charge in [-0.2, -0.15) is 0 Å². The lowest BCUT2D eigenvalue weighted by molar-refractivity contribution is 0.367. The highest BCUT2D eigenvalue weighted by molar-refractivity contribution is 5.83. The van der Waals surface area contributed by atoms with Gasteiger partial charge in [-0.3, -0.25) is 0 Å². The predicted molar refractivity (Wildman–Crippen MR) is 66.0 cm³/mol. The third-order valence-corrected chi connectivity index (χ3v) is 2.58. The molecule has 0 saturated heterocycles. The highest BCUT2D eigenvalue weighted by Gasteiger charge is 2.13. The number of aromatic hydroxyl groups is 3. The van der Waals surface area contributed by atoms with Crippen LogP contribution in [0.25, 0.3) is 5.57 Å². The van der Waals surface area contributed by atoms with E-state index in [1.54, 1.807) is 0 Å². The Hall–Kier alpha value is -2.42. The number of benzene rings is 2. The van der Waals surface area contributed by atoms with Gasteiger partial charge in [-0.15, -0.1) is 0 Å². The maximum Gasteiger partial charge on any atom is 0.200 e. The Morgan fingerprint density at radius 3 is 2.12 bits per heavy atom. The first-order valence-electron chi connectivity index (χ1n) is 5.10. The van der Waals surface area contributed by atoms with E-state index >= 15 is 0 Å². The molecule has 0 spiro atoms. The number of phenols is 3. The first kappa shape index (κ1) is 11.1. The molecule has 3 heteroatoms. The Morgan fingerprint density at radius 2 is 1.47 bits per heavy atom. The van der Waals surface area contributed by atoms with Gasteiger partial charge in [-0.1, -0.05) is 36.9 Å². The lowest BCUT2D eigenvalue weighted by atomic mass is 9.98. The number of hydrogen-bond donors (Lipinski definition) is 3. The quantitative estimate of drug-likeness (QED) is 0.692. The van der Waals surface area contributed by atoms with Crippen molar-refractivity contribution in [3.63, 3.8) is 0 Å². The third kappa shape index (κ3) is 1.95. The van der Waals surface area contributed by atoms with Crippen molar-refractivity contribution >= 4 is 5.57 Å². The van der Waals surface area contributed by atoms with Crippen LogP contribution in [0.3, 0.4) is 0 Å². The average Bonchev–Trinajstić information content (AvgIpc) is 2.36. The fourth-order valence-electron chi connectivity index (χ4n) is 1.61. The van der Waals surface area contributed by atoms with Crippen molar-refractivity contribution < 1.29 is 15.3 Å². The average molecular weight is 228 g/mol. The standard InChI is InChI=1S/C14H12O3/c1-9(10-5-3-2-4-6-10)11-7-8-12(15)14(17)13(11)16/h2-8,15-17H,1H2. The third-order valence-electron chi connectivity index (χ3n) is 2.58. The monoisotopic (exact) mass is 228 g/mol. The molecule has 0 amide bonds. The van der Waals surface area contributed by atoms with Gasteiger partial charge >= 0.3 is 0 Å². The molecular weight excluding hydrogens is 216 g/mol. The molecule has 3 nitrogen and oxygen atoms in total. The lowest BCUT2D eigenvalue weighted by Gasteiger charge is -2.10. The molecular formula is C14H12O3. The molecule has 2 aromatic carbocycles. The normalized spacial score (nSPS) is 10.1. The molecule has 0 radical (unpaired) electrons. The molecule has 0 heterocycles. The lowest BCUT2D eigenvalue weighted by Crippen LogP contribution is -1.87. The maximum absolute atomic E-state index is 9.74. The molecule has 17 heavy (non-hydrogen) atoms. The molecule has 0 aliphatic heterocycles. The van der Waals surface area contributed by atoms with E-state index in [0.717, 1.165) is 5.56 Å². The van der Waals surface area contributed by atoms with Gasteiger partial charge in [0, 0.05) is 5.56 Å². The van der Waals surface area contributed by atoms with E-state index in [2.05, 4.69) is 6.58 Å². The van der Waals surface area contributed by atoms with Crippen LogP contribution in [0.4, 0.5) is 0 Å². The van der Waals surface area contributed by atoms with E-state index in [9.17, 15) is 15.3 Å². The van der Waals surface area contributed by atoms with Gasteiger partial charge in [0.15, 0.2) is 11.5 Å². The Morgan fingerprint density at radius 1 is 0.824 bits per heavy atom. The van der Waals surface area contributed by atoms with E-state index in [-0.39, 0.29) is 11.5 Å². The van der Waals surface area contributed by atoms with Crippen LogP contribution in [0, 0.1) is 0 Å². The summed E-state index contributed by atoms with van der Waals surface area (Å²) in [6.07, 6.45) is 0. The molecule has 3 N–H and O–H groups in total. The molecule has 86 valence electrons. The molecule has 0 aliphatic carbocycles. The minimum Gasteiger partial charge on any atom is -0.504 e. The first-order chi connectivity index (χ1) is 8.11. The largest absolute Gasteiger partial charge is 0.504 e. The topological polar surface area (TPSA) is 60.7 Å². The van der Waals surface area contributed by atoms with Crippen molar-refractivity contribution in [2.75, 3.05) is 0 Å². The predicted octanol–water partition coefficient (Wildman–Crippen LogP) is 2.86. The van der Waals surface area contributed by atoms with Crippen molar-refractivity contribution in [3.8, 4) is 17.2 Å². The van der Waals surface area contributed by atoms with Gasteiger partial charge in [0.25, 0.3) is 0 Å². The van der Waals surface area contributed by atoms with Crippen LogP contribution in [0.15, 0.2) is 49.0 Å². The fraction of sp³-hybridized carbons (Fsp3) is 0. The van der Waals surface area contributed by atoms with E-state index < -0.39 is 5.75 Å². The number of hydrogen-bond acceptors (Lipinski definition) is 3. The zero-order chi connectivity index (χ0) is 12.4. The van der Waals surface area contributed by atoms with Gasteiger partial charge in [0.2, 0.25) is 5.75 Å². The Bertz CT molecular complexity index is 559. The van der Waals surface area contributed by atoms with Crippen LogP contribution in [-0.4, -0.2) is 15.3 Å². The van der Waals surface area contributed by atoms with Gasteiger partial charge in [-0.25, -0.2) is 0 Å². The summed E-state index contributed by atoms with van der Waals surface area (Å²) < 4.78 is 0. The highest BCUT2D eigenvalue weighted by atomic mass is 16.3. The summed E-state index contributed by atoms with van der Waals surface area (Å²) in [6, 6.07) is 12.1. The van der Waals surface area contributed by atoms with E-state index in [4.69, 9.17) is 0 Å². The van der Waals surface area contributed by atoms with Crippen LogP contribution in [0.5, 0.6) is 17.2 Å². The minimum absolute atomic E-state index is 0.355. The molecule has 0 bridgehead atoms. The fourth-order valence-corrected chi connectivity index (χ4v) is 1.61. The SMILES string of the molecule is C=C(c1ccccc1)c1ccc(O)c(O)c1O. The molecule has 0 saturated carbocycles. The van der Waals surface area contributed by atoms with Crippen molar-refractivity contribution in [2.24, 2.45) is 0 Å². The first-order valence-corrected chi connectivity index (χ1v) is 5.10. The van der Waals surface area contributed by atoms with Crippen LogP contribution >= 0.6 is 0 Å².